The first-order valence-corrected chi connectivity index (χ1v) is 3.15. The van der Waals surface area contributed by atoms with Gasteiger partial charge in [-0.05, 0) is 6.07 Å². The maximum Gasteiger partial charge on any atom is 0.292 e. The first-order chi connectivity index (χ1) is 5.72. The molecule has 0 unspecified atom stereocenters. The van der Waals surface area contributed by atoms with Gasteiger partial charge in [0.2, 0.25) is 0 Å². The number of anilines is 1. The van der Waals surface area contributed by atoms with E-state index in [4.69, 9.17) is 10.8 Å². The van der Waals surface area contributed by atoms with Crippen LogP contribution < -0.4 is 5.73 Å². The standard InChI is InChI=1S/C6H6N2O2.CH4O/c7-5-3-1-2-4-6(5)8(9)10;1-2/h1-4H,7H2;2H,1H3. The summed E-state index contributed by atoms with van der Waals surface area (Å²) in [6.07, 6.45) is 0. The third-order valence-electron chi connectivity index (χ3n) is 1.13. The molecule has 0 aromatic heterocycles. The quantitative estimate of drug-likeness (QED) is 0.370. The Kier molecular flexibility index (Phi) is 4.40. The van der Waals surface area contributed by atoms with Crippen molar-refractivity contribution in [3.05, 3.63) is 34.4 Å². The van der Waals surface area contributed by atoms with Crippen molar-refractivity contribution >= 4 is 11.4 Å². The monoisotopic (exact) mass is 170 g/mol. The Morgan fingerprint density at radius 2 is 1.92 bits per heavy atom. The predicted molar refractivity (Wildman–Crippen MR) is 45.7 cm³/mol. The molecule has 5 nitrogen and oxygen atoms in total. The summed E-state index contributed by atoms with van der Waals surface area (Å²) >= 11 is 0. The van der Waals surface area contributed by atoms with E-state index in [9.17, 15) is 10.1 Å². The number of hydrogen-bond acceptors (Lipinski definition) is 4. The maximum atomic E-state index is 10.1. The summed E-state index contributed by atoms with van der Waals surface area (Å²) in [6.45, 7) is 0. The minimum atomic E-state index is -0.505. The molecule has 0 fully saturated rings. The SMILES string of the molecule is CO.Nc1ccccc1[N+](=O)[O-]. The minimum Gasteiger partial charge on any atom is -0.400 e. The van der Waals surface area contributed by atoms with Crippen LogP contribution in [0.3, 0.4) is 0 Å². The maximum absolute atomic E-state index is 10.1. The van der Waals surface area contributed by atoms with E-state index in [0.29, 0.717) is 0 Å². The van der Waals surface area contributed by atoms with E-state index in [1.54, 1.807) is 12.1 Å². The molecule has 0 saturated carbocycles. The lowest BCUT2D eigenvalue weighted by Crippen LogP contribution is -1.93. The van der Waals surface area contributed by atoms with Crippen LogP contribution >= 0.6 is 0 Å². The highest BCUT2D eigenvalue weighted by molar-refractivity contribution is 5.57. The molecule has 0 bridgehead atoms. The minimum absolute atomic E-state index is 0.0394. The predicted octanol–water partition coefficient (Wildman–Crippen LogP) is 0.785. The summed E-state index contributed by atoms with van der Waals surface area (Å²) in [4.78, 5) is 9.64. The molecule has 0 aliphatic carbocycles. The van der Waals surface area contributed by atoms with Crippen molar-refractivity contribution in [3.63, 3.8) is 0 Å². The normalized spacial score (nSPS) is 8.17. The number of para-hydroxylation sites is 2. The van der Waals surface area contributed by atoms with Gasteiger partial charge < -0.3 is 10.8 Å². The van der Waals surface area contributed by atoms with Crippen molar-refractivity contribution in [2.75, 3.05) is 12.8 Å². The Hall–Kier alpha value is -1.62. The smallest absolute Gasteiger partial charge is 0.292 e. The number of aliphatic hydroxyl groups is 1. The second kappa shape index (κ2) is 5.09. The Morgan fingerprint density at radius 1 is 1.42 bits per heavy atom. The number of nitrogen functional groups attached to an aromatic ring is 1. The fourth-order valence-corrected chi connectivity index (χ4v) is 0.654. The molecule has 5 heteroatoms. The lowest BCUT2D eigenvalue weighted by Gasteiger charge is -1.92. The summed E-state index contributed by atoms with van der Waals surface area (Å²) < 4.78 is 0. The zero-order valence-corrected chi connectivity index (χ0v) is 6.60. The fraction of sp³-hybridized carbons (Fsp3) is 0.143. The average molecular weight is 170 g/mol. The van der Waals surface area contributed by atoms with Gasteiger partial charge in [0.1, 0.15) is 5.69 Å². The van der Waals surface area contributed by atoms with Crippen molar-refractivity contribution in [3.8, 4) is 0 Å². The number of hydrogen-bond donors (Lipinski definition) is 2. The van der Waals surface area contributed by atoms with Crippen molar-refractivity contribution < 1.29 is 10.0 Å². The summed E-state index contributed by atoms with van der Waals surface area (Å²) in [5.41, 5.74) is 5.44. The van der Waals surface area contributed by atoms with Crippen LogP contribution in [0.4, 0.5) is 11.4 Å². The topological polar surface area (TPSA) is 89.4 Å². The highest BCUT2D eigenvalue weighted by Gasteiger charge is 2.07. The largest absolute Gasteiger partial charge is 0.400 e. The second-order valence-electron chi connectivity index (χ2n) is 1.82. The van der Waals surface area contributed by atoms with E-state index in [2.05, 4.69) is 0 Å². The molecular weight excluding hydrogens is 160 g/mol. The molecule has 0 atom stereocenters. The lowest BCUT2D eigenvalue weighted by molar-refractivity contribution is -0.383. The highest BCUT2D eigenvalue weighted by Crippen LogP contribution is 2.18. The van der Waals surface area contributed by atoms with E-state index < -0.39 is 4.92 Å². The van der Waals surface area contributed by atoms with E-state index >= 15 is 0 Å². The Balaban J connectivity index is 0.000000561. The van der Waals surface area contributed by atoms with Crippen molar-refractivity contribution in [2.24, 2.45) is 0 Å². The number of nitrogens with zero attached hydrogens (tertiary/aromatic N) is 1. The highest BCUT2D eigenvalue weighted by atomic mass is 16.6. The van der Waals surface area contributed by atoms with Gasteiger partial charge in [0.25, 0.3) is 5.69 Å². The molecule has 12 heavy (non-hydrogen) atoms. The van der Waals surface area contributed by atoms with Crippen LogP contribution in [0.5, 0.6) is 0 Å². The number of rotatable bonds is 1. The Bertz CT molecular complexity index is 263. The summed E-state index contributed by atoms with van der Waals surface area (Å²) in [7, 11) is 1.00. The van der Waals surface area contributed by atoms with Crippen LogP contribution in [0.25, 0.3) is 0 Å². The van der Waals surface area contributed by atoms with Crippen molar-refractivity contribution in [1.29, 1.82) is 0 Å². The molecule has 0 saturated heterocycles. The van der Waals surface area contributed by atoms with E-state index in [1.165, 1.54) is 12.1 Å². The average Bonchev–Trinajstić information content (AvgIpc) is 2.08. The second-order valence-corrected chi connectivity index (χ2v) is 1.82. The van der Waals surface area contributed by atoms with Crippen LogP contribution in [0.15, 0.2) is 24.3 Å². The Labute approximate surface area is 69.6 Å². The van der Waals surface area contributed by atoms with Crippen LogP contribution in [0, 0.1) is 10.1 Å². The van der Waals surface area contributed by atoms with E-state index in [1.807, 2.05) is 0 Å². The molecule has 0 amide bonds. The van der Waals surface area contributed by atoms with Gasteiger partial charge in [0.15, 0.2) is 0 Å². The van der Waals surface area contributed by atoms with E-state index in [0.717, 1.165) is 7.11 Å². The van der Waals surface area contributed by atoms with Gasteiger partial charge in [0, 0.05) is 13.2 Å². The summed E-state index contributed by atoms with van der Waals surface area (Å²) in [6, 6.07) is 6.10. The van der Waals surface area contributed by atoms with Crippen LogP contribution in [0.2, 0.25) is 0 Å². The van der Waals surface area contributed by atoms with Gasteiger partial charge in [-0.2, -0.15) is 0 Å². The van der Waals surface area contributed by atoms with Crippen LogP contribution in [0.1, 0.15) is 0 Å². The van der Waals surface area contributed by atoms with E-state index in [-0.39, 0.29) is 11.4 Å². The fourth-order valence-electron chi connectivity index (χ4n) is 0.654. The molecule has 66 valence electrons. The molecule has 0 heterocycles. The van der Waals surface area contributed by atoms with Crippen LogP contribution in [-0.4, -0.2) is 17.1 Å². The molecule has 0 aliphatic heterocycles. The number of nitro benzene ring substituents is 1. The third kappa shape index (κ3) is 2.55. The molecule has 0 radical (unpaired) electrons. The van der Waals surface area contributed by atoms with Gasteiger partial charge in [-0.1, -0.05) is 12.1 Å². The molecule has 1 aromatic carbocycles. The van der Waals surface area contributed by atoms with Crippen molar-refractivity contribution in [1.82, 2.24) is 0 Å². The number of nitro groups is 1. The molecule has 1 rings (SSSR count). The van der Waals surface area contributed by atoms with Crippen molar-refractivity contribution in [2.45, 2.75) is 0 Å². The van der Waals surface area contributed by atoms with Gasteiger partial charge in [0.05, 0.1) is 4.92 Å². The molecule has 0 aliphatic rings. The van der Waals surface area contributed by atoms with Gasteiger partial charge in [-0.3, -0.25) is 10.1 Å². The third-order valence-corrected chi connectivity index (χ3v) is 1.13. The number of benzene rings is 1. The van der Waals surface area contributed by atoms with Gasteiger partial charge in [-0.15, -0.1) is 0 Å². The van der Waals surface area contributed by atoms with Gasteiger partial charge in [-0.25, -0.2) is 0 Å². The Morgan fingerprint density at radius 3 is 2.25 bits per heavy atom. The number of nitrogens with two attached hydrogens (primary N) is 1. The molecule has 3 N–H and O–H groups in total. The lowest BCUT2D eigenvalue weighted by atomic mass is 10.3. The molecular formula is C7H10N2O3. The zero-order chi connectivity index (χ0) is 9.56. The zero-order valence-electron chi connectivity index (χ0n) is 6.60. The first kappa shape index (κ1) is 10.4. The number of aliphatic hydroxyl groups excluding tert-OH is 1. The van der Waals surface area contributed by atoms with Crippen LogP contribution in [-0.2, 0) is 0 Å². The summed E-state index contributed by atoms with van der Waals surface area (Å²) in [5.74, 6) is 0. The van der Waals surface area contributed by atoms with Gasteiger partial charge >= 0.3 is 0 Å². The molecule has 0 spiro atoms. The first-order valence-electron chi connectivity index (χ1n) is 3.15. The summed E-state index contributed by atoms with van der Waals surface area (Å²) in [5, 5.41) is 17.1. The molecule has 1 aromatic rings.